The van der Waals surface area contributed by atoms with E-state index in [4.69, 9.17) is 25.3 Å². The summed E-state index contributed by atoms with van der Waals surface area (Å²) in [6.07, 6.45) is -6.82. The molecule has 8 atom stereocenters. The molecule has 27 nitrogen and oxygen atoms in total. The molecular formula is C27H46N9O18P3S. The third-order valence-electron chi connectivity index (χ3n) is 8.01. The van der Waals surface area contributed by atoms with Gasteiger partial charge in [-0.1, -0.05) is 25.6 Å². The van der Waals surface area contributed by atoms with Gasteiger partial charge in [0.05, 0.1) is 25.6 Å². The maximum absolute atomic E-state index is 12.7. The maximum Gasteiger partial charge on any atom is 0.481 e. The number of nitrogens with two attached hydrogens (primary N) is 2. The highest BCUT2D eigenvalue weighted by atomic mass is 32.2. The lowest BCUT2D eigenvalue weighted by molar-refractivity contribution is -0.137. The number of carbonyl (C=O) groups is 4. The molecule has 1 aliphatic rings. The Bertz CT molecular complexity index is 1920. The molecule has 3 rings (SSSR count). The highest BCUT2D eigenvalue weighted by Crippen LogP contribution is 2.61. The van der Waals surface area contributed by atoms with Crippen molar-refractivity contribution in [1.29, 1.82) is 0 Å². The summed E-state index contributed by atoms with van der Waals surface area (Å²) in [4.78, 5) is 99.0. The molecule has 1 fully saturated rings. The van der Waals surface area contributed by atoms with Crippen molar-refractivity contribution in [2.75, 3.05) is 44.8 Å². The number of aliphatic hydroxyl groups is 2. The molecule has 0 aromatic carbocycles. The van der Waals surface area contributed by atoms with E-state index in [1.54, 1.807) is 0 Å². The third-order valence-corrected chi connectivity index (χ3v) is 12.1. The summed E-state index contributed by atoms with van der Waals surface area (Å²) in [5, 5.41) is 28.3. The maximum atomic E-state index is 12.7. The number of anilines is 1. The van der Waals surface area contributed by atoms with Crippen LogP contribution in [0.5, 0.6) is 0 Å². The van der Waals surface area contributed by atoms with Crippen molar-refractivity contribution in [2.24, 2.45) is 11.1 Å². The van der Waals surface area contributed by atoms with Crippen LogP contribution < -0.4 is 27.4 Å². The Morgan fingerprint density at radius 1 is 1.02 bits per heavy atom. The summed E-state index contributed by atoms with van der Waals surface area (Å²) in [6, 6.07) is -0.852. The highest BCUT2D eigenvalue weighted by Gasteiger charge is 2.50. The van der Waals surface area contributed by atoms with Crippen LogP contribution in [0.3, 0.4) is 0 Å². The van der Waals surface area contributed by atoms with Crippen molar-refractivity contribution >= 4 is 75.0 Å². The van der Waals surface area contributed by atoms with Gasteiger partial charge >= 0.3 is 23.5 Å². The van der Waals surface area contributed by atoms with Gasteiger partial charge < -0.3 is 61.9 Å². The van der Waals surface area contributed by atoms with Gasteiger partial charge in [0.15, 0.2) is 17.7 Å². The summed E-state index contributed by atoms with van der Waals surface area (Å²) < 4.78 is 62.1. The van der Waals surface area contributed by atoms with E-state index >= 15 is 0 Å². The van der Waals surface area contributed by atoms with Gasteiger partial charge in [0.1, 0.15) is 36.3 Å². The molecule has 8 unspecified atom stereocenters. The van der Waals surface area contributed by atoms with Gasteiger partial charge in [0, 0.05) is 44.1 Å². The lowest BCUT2D eigenvalue weighted by Crippen LogP contribution is -2.46. The van der Waals surface area contributed by atoms with Crippen LogP contribution in [0.15, 0.2) is 12.7 Å². The fourth-order valence-corrected chi connectivity index (χ4v) is 8.48. The minimum atomic E-state index is -5.59. The monoisotopic (exact) mass is 909 g/mol. The SMILES string of the molecule is CNC(=O)CCC(N)C(=O)SCCNC(=O)CCNC(=O)C(O)C(C)(C)COP(=O)(O)OP(=O)(O)OCC1OC(n2cnc3c(N)ncnc32)C(O)C1OP(=O)(O)O. The highest BCUT2D eigenvalue weighted by molar-refractivity contribution is 8.13. The Morgan fingerprint density at radius 3 is 2.34 bits per heavy atom. The first-order valence-electron chi connectivity index (χ1n) is 16.9. The summed E-state index contributed by atoms with van der Waals surface area (Å²) >= 11 is 0.881. The minimum absolute atomic E-state index is 0.0214. The summed E-state index contributed by atoms with van der Waals surface area (Å²) in [5.74, 6) is -1.63. The molecule has 31 heteroatoms. The van der Waals surface area contributed by atoms with Crippen LogP contribution in [0.4, 0.5) is 5.82 Å². The van der Waals surface area contributed by atoms with Gasteiger partial charge in [-0.05, 0) is 6.42 Å². The Hall–Kier alpha value is -3.01. The molecule has 328 valence electrons. The average Bonchev–Trinajstić information content (AvgIpc) is 3.69. The zero-order valence-corrected chi connectivity index (χ0v) is 34.6. The summed E-state index contributed by atoms with van der Waals surface area (Å²) in [5.41, 5.74) is 9.96. The second-order valence-corrected chi connectivity index (χ2v) is 18.4. The number of phosphoric ester groups is 3. The van der Waals surface area contributed by atoms with Crippen LogP contribution in [0.1, 0.15) is 39.3 Å². The number of thioether (sulfide) groups is 1. The lowest BCUT2D eigenvalue weighted by atomic mass is 9.87. The van der Waals surface area contributed by atoms with Gasteiger partial charge in [-0.15, -0.1) is 0 Å². The van der Waals surface area contributed by atoms with Crippen molar-refractivity contribution in [1.82, 2.24) is 35.5 Å². The molecule has 3 heterocycles. The predicted octanol–water partition coefficient (Wildman–Crippen LogP) is -2.48. The zero-order chi connectivity index (χ0) is 43.6. The zero-order valence-electron chi connectivity index (χ0n) is 31.1. The molecular weight excluding hydrogens is 863 g/mol. The second-order valence-electron chi connectivity index (χ2n) is 13.1. The number of fused-ring (bicyclic) bond motifs is 1. The first-order valence-corrected chi connectivity index (χ1v) is 22.4. The first kappa shape index (κ1) is 49.4. The summed E-state index contributed by atoms with van der Waals surface area (Å²) in [6.45, 7) is 0.248. The van der Waals surface area contributed by atoms with Crippen LogP contribution in [0.2, 0.25) is 0 Å². The number of nitrogens with zero attached hydrogens (tertiary/aromatic N) is 4. The number of phosphoric acid groups is 3. The number of nitrogen functional groups attached to an aromatic ring is 1. The van der Waals surface area contributed by atoms with E-state index < -0.39 is 90.6 Å². The number of aromatic nitrogens is 4. The van der Waals surface area contributed by atoms with Gasteiger partial charge in [0.25, 0.3) is 0 Å². The third kappa shape index (κ3) is 14.9. The number of imidazole rings is 1. The number of nitrogens with one attached hydrogen (secondary N) is 3. The number of hydrogen-bond donors (Lipinski definition) is 11. The molecule has 0 spiro atoms. The van der Waals surface area contributed by atoms with E-state index in [-0.39, 0.29) is 66.1 Å². The number of ether oxygens (including phenoxy) is 1. The largest absolute Gasteiger partial charge is 0.481 e. The average molecular weight is 910 g/mol. The number of rotatable bonds is 23. The van der Waals surface area contributed by atoms with Crippen LogP contribution in [-0.2, 0) is 55.5 Å². The van der Waals surface area contributed by atoms with E-state index in [0.717, 1.165) is 29.0 Å². The molecule has 1 aliphatic heterocycles. The fourth-order valence-electron chi connectivity index (χ4n) is 4.92. The van der Waals surface area contributed by atoms with Crippen molar-refractivity contribution in [3.63, 3.8) is 0 Å². The van der Waals surface area contributed by atoms with Gasteiger partial charge in [0.2, 0.25) is 22.8 Å². The minimum Gasteiger partial charge on any atom is -0.386 e. The van der Waals surface area contributed by atoms with Crippen LogP contribution in [0.25, 0.3) is 11.2 Å². The van der Waals surface area contributed by atoms with E-state index in [2.05, 4.69) is 39.7 Å². The summed E-state index contributed by atoms with van der Waals surface area (Å²) in [7, 11) is -15.0. The molecule has 2 aromatic heterocycles. The molecule has 13 N–H and O–H groups in total. The number of hydrogen-bond acceptors (Lipinski definition) is 20. The Labute approximate surface area is 333 Å². The Kier molecular flexibility index (Phi) is 17.9. The van der Waals surface area contributed by atoms with E-state index in [1.807, 2.05) is 0 Å². The molecule has 0 bridgehead atoms. The lowest BCUT2D eigenvalue weighted by Gasteiger charge is -2.30. The first-order chi connectivity index (χ1) is 26.9. The van der Waals surface area contributed by atoms with E-state index in [9.17, 15) is 62.7 Å². The predicted molar refractivity (Wildman–Crippen MR) is 198 cm³/mol. The number of aliphatic hydroxyl groups excluding tert-OH is 2. The second kappa shape index (κ2) is 21.0. The molecule has 3 amide bonds. The van der Waals surface area contributed by atoms with Gasteiger partial charge in [-0.3, -0.25) is 37.3 Å². The van der Waals surface area contributed by atoms with Crippen LogP contribution in [0, 0.1) is 5.41 Å². The Balaban J connectivity index is 1.46. The number of amides is 3. The van der Waals surface area contributed by atoms with E-state index in [0.29, 0.717) is 0 Å². The van der Waals surface area contributed by atoms with Crippen LogP contribution in [-0.4, -0.2) is 142 Å². The Morgan fingerprint density at radius 2 is 1.69 bits per heavy atom. The van der Waals surface area contributed by atoms with Crippen molar-refractivity contribution in [2.45, 2.75) is 69.8 Å². The molecule has 58 heavy (non-hydrogen) atoms. The number of carbonyl (C=O) groups excluding carboxylic acids is 4. The quantitative estimate of drug-likeness (QED) is 0.0406. The normalized spacial score (nSPS) is 21.8. The molecule has 0 aliphatic carbocycles. The van der Waals surface area contributed by atoms with Gasteiger partial charge in [-0.2, -0.15) is 4.31 Å². The van der Waals surface area contributed by atoms with Crippen molar-refractivity contribution in [3.05, 3.63) is 12.7 Å². The molecule has 0 saturated carbocycles. The molecule has 0 radical (unpaired) electrons. The van der Waals surface area contributed by atoms with Crippen molar-refractivity contribution < 1.29 is 85.3 Å². The topological polar surface area (TPSA) is 419 Å². The molecule has 2 aromatic rings. The van der Waals surface area contributed by atoms with Crippen LogP contribution >= 0.6 is 35.2 Å². The molecule has 1 saturated heterocycles. The van der Waals surface area contributed by atoms with Gasteiger partial charge in [-0.25, -0.2) is 28.6 Å². The fraction of sp³-hybridized carbons (Fsp3) is 0.667. The standard InChI is InChI=1S/C27H46N9O18P3S/c1-27(2,21(40)24(41)32-7-6-17(38)31-8-9-58-26(42)14(28)4-5-16(37)30-3)11-51-57(48,49)54-56(46,47)50-10-15-20(53-55(43,44)45)19(39)25(52-15)36-13-35-18-22(29)33-12-34-23(18)36/h12-15,19-21,25,39-40H,4-11,28H2,1-3H3,(H,30,37)(H,31,38)(H,32,41)(H,46,47)(H,48,49)(H2,29,33,34)(H2,43,44,45). The van der Waals surface area contributed by atoms with E-state index in [1.165, 1.54) is 20.9 Å². The smallest absolute Gasteiger partial charge is 0.386 e. The van der Waals surface area contributed by atoms with Crippen molar-refractivity contribution in [3.8, 4) is 0 Å².